The zero-order valence-corrected chi connectivity index (χ0v) is 17.0. The Bertz CT molecular complexity index is 1090. The summed E-state index contributed by atoms with van der Waals surface area (Å²) in [5, 5.41) is 22.8. The fraction of sp³-hybridized carbons (Fsp3) is 0.0476. The summed E-state index contributed by atoms with van der Waals surface area (Å²) in [6.45, 7) is -0.296. The van der Waals surface area contributed by atoms with Crippen LogP contribution in [-0.2, 0) is 4.79 Å². The van der Waals surface area contributed by atoms with E-state index in [1.165, 1.54) is 18.3 Å². The number of hydrogen-bond acceptors (Lipinski definition) is 6. The highest BCUT2D eigenvalue weighted by Gasteiger charge is 2.06. The highest BCUT2D eigenvalue weighted by molar-refractivity contribution is 6.35. The van der Waals surface area contributed by atoms with E-state index in [2.05, 4.69) is 20.8 Å². The molecule has 9 heteroatoms. The van der Waals surface area contributed by atoms with Gasteiger partial charge in [0.05, 0.1) is 22.6 Å². The maximum absolute atomic E-state index is 11.9. The second kappa shape index (κ2) is 10.4. The number of carbonyl (C=O) groups is 1. The van der Waals surface area contributed by atoms with Crippen LogP contribution in [0.25, 0.3) is 0 Å². The van der Waals surface area contributed by atoms with E-state index < -0.39 is 5.91 Å². The Morgan fingerprint density at radius 1 is 1.00 bits per heavy atom. The third-order valence-corrected chi connectivity index (χ3v) is 4.22. The summed E-state index contributed by atoms with van der Waals surface area (Å²) in [6.07, 6.45) is 1.30. The third-order valence-electron chi connectivity index (χ3n) is 3.69. The minimum absolute atomic E-state index is 0.0177. The molecule has 0 fully saturated rings. The Kier molecular flexibility index (Phi) is 7.37. The maximum Gasteiger partial charge on any atom is 0.277 e. The Labute approximate surface area is 182 Å². The number of hydrogen-bond donors (Lipinski definition) is 2. The van der Waals surface area contributed by atoms with Crippen LogP contribution in [-0.4, -0.2) is 23.8 Å². The molecule has 30 heavy (non-hydrogen) atoms. The minimum Gasteiger partial charge on any atom is -0.507 e. The van der Waals surface area contributed by atoms with E-state index in [0.717, 1.165) is 0 Å². The predicted octanol–water partition coefficient (Wildman–Crippen LogP) is 5.64. The van der Waals surface area contributed by atoms with E-state index in [-0.39, 0.29) is 12.4 Å². The van der Waals surface area contributed by atoms with Crippen molar-refractivity contribution in [3.05, 3.63) is 82.3 Å². The van der Waals surface area contributed by atoms with Crippen LogP contribution in [0.5, 0.6) is 11.5 Å². The number of phenolic OH excluding ortho intramolecular Hbond substituents is 1. The third kappa shape index (κ3) is 6.30. The van der Waals surface area contributed by atoms with E-state index in [0.29, 0.717) is 32.7 Å². The van der Waals surface area contributed by atoms with Gasteiger partial charge >= 0.3 is 0 Å². The van der Waals surface area contributed by atoms with Crippen molar-refractivity contribution in [1.82, 2.24) is 5.43 Å². The fourth-order valence-corrected chi connectivity index (χ4v) is 2.72. The lowest BCUT2D eigenvalue weighted by molar-refractivity contribution is -0.123. The summed E-state index contributed by atoms with van der Waals surface area (Å²) < 4.78 is 5.32. The molecule has 1 amide bonds. The van der Waals surface area contributed by atoms with Gasteiger partial charge in [0.15, 0.2) is 6.61 Å². The van der Waals surface area contributed by atoms with Gasteiger partial charge in [0.1, 0.15) is 11.5 Å². The molecule has 0 aliphatic heterocycles. The molecule has 0 spiro atoms. The number of nitrogens with one attached hydrogen (secondary N) is 1. The molecule has 0 bridgehead atoms. The van der Waals surface area contributed by atoms with Gasteiger partial charge in [-0.05, 0) is 48.5 Å². The molecule has 0 heterocycles. The standard InChI is InChI=1S/C21H16Cl2N4O3/c22-15-6-9-20(18(23)11-15)30-13-21(29)27-24-12-14-10-17(7-8-19(14)28)26-25-16-4-2-1-3-5-16/h1-12,28H,13H2,(H,27,29). The smallest absolute Gasteiger partial charge is 0.277 e. The predicted molar refractivity (Wildman–Crippen MR) is 116 cm³/mol. The number of aromatic hydroxyl groups is 1. The second-order valence-corrected chi connectivity index (χ2v) is 6.78. The molecule has 0 saturated carbocycles. The quantitative estimate of drug-likeness (QED) is 0.281. The minimum atomic E-state index is -0.503. The molecule has 0 radical (unpaired) electrons. The summed E-state index contributed by atoms with van der Waals surface area (Å²) >= 11 is 11.8. The SMILES string of the molecule is O=C(COc1ccc(Cl)cc1Cl)NN=Cc1cc(N=Nc2ccccc2)ccc1O. The lowest BCUT2D eigenvalue weighted by Crippen LogP contribution is -2.24. The van der Waals surface area contributed by atoms with Crippen LogP contribution in [0, 0.1) is 0 Å². The Morgan fingerprint density at radius 3 is 2.53 bits per heavy atom. The Balaban J connectivity index is 1.57. The normalized spacial score (nSPS) is 11.1. The highest BCUT2D eigenvalue weighted by atomic mass is 35.5. The average Bonchev–Trinajstić information content (AvgIpc) is 2.74. The first kappa shape index (κ1) is 21.3. The van der Waals surface area contributed by atoms with Crippen molar-refractivity contribution in [2.24, 2.45) is 15.3 Å². The first-order valence-electron chi connectivity index (χ1n) is 8.71. The van der Waals surface area contributed by atoms with Crippen LogP contribution in [0.15, 0.2) is 82.1 Å². The van der Waals surface area contributed by atoms with E-state index >= 15 is 0 Å². The van der Waals surface area contributed by atoms with Gasteiger partial charge in [-0.25, -0.2) is 5.43 Å². The van der Waals surface area contributed by atoms with Crippen molar-refractivity contribution in [2.75, 3.05) is 6.61 Å². The van der Waals surface area contributed by atoms with Gasteiger partial charge in [-0.2, -0.15) is 15.3 Å². The van der Waals surface area contributed by atoms with E-state index in [1.54, 1.807) is 24.3 Å². The number of phenols is 1. The number of halogens is 2. The number of ether oxygens (including phenoxy) is 1. The molecular formula is C21H16Cl2N4O3. The number of benzene rings is 3. The topological polar surface area (TPSA) is 95.6 Å². The molecule has 2 N–H and O–H groups in total. The summed E-state index contributed by atoms with van der Waals surface area (Å²) in [4.78, 5) is 11.9. The molecule has 3 aromatic carbocycles. The van der Waals surface area contributed by atoms with Crippen molar-refractivity contribution >= 4 is 46.7 Å². The van der Waals surface area contributed by atoms with Gasteiger partial charge in [-0.3, -0.25) is 4.79 Å². The van der Waals surface area contributed by atoms with Crippen LogP contribution in [0.2, 0.25) is 10.0 Å². The molecule has 3 rings (SSSR count). The number of hydrazone groups is 1. The first-order valence-corrected chi connectivity index (χ1v) is 9.46. The van der Waals surface area contributed by atoms with Gasteiger partial charge in [0.25, 0.3) is 5.91 Å². The number of amides is 1. The molecule has 0 saturated heterocycles. The van der Waals surface area contributed by atoms with Crippen LogP contribution < -0.4 is 10.2 Å². The molecular weight excluding hydrogens is 427 g/mol. The van der Waals surface area contributed by atoms with Crippen LogP contribution in [0.1, 0.15) is 5.56 Å². The lowest BCUT2D eigenvalue weighted by Gasteiger charge is -2.07. The highest BCUT2D eigenvalue weighted by Crippen LogP contribution is 2.27. The van der Waals surface area contributed by atoms with Crippen molar-refractivity contribution in [1.29, 1.82) is 0 Å². The molecule has 3 aromatic rings. The number of nitrogens with zero attached hydrogens (tertiary/aromatic N) is 3. The van der Waals surface area contributed by atoms with Gasteiger partial charge in [0.2, 0.25) is 0 Å². The van der Waals surface area contributed by atoms with Gasteiger partial charge in [-0.15, -0.1) is 0 Å². The summed E-state index contributed by atoms with van der Waals surface area (Å²) in [7, 11) is 0. The molecule has 0 aliphatic carbocycles. The molecule has 0 atom stereocenters. The zero-order valence-electron chi connectivity index (χ0n) is 15.5. The van der Waals surface area contributed by atoms with Crippen LogP contribution >= 0.6 is 23.2 Å². The Morgan fingerprint density at radius 2 is 1.77 bits per heavy atom. The summed E-state index contributed by atoms with van der Waals surface area (Å²) in [6, 6.07) is 18.6. The number of azo groups is 1. The van der Waals surface area contributed by atoms with Crippen molar-refractivity contribution in [3.63, 3.8) is 0 Å². The first-order chi connectivity index (χ1) is 14.5. The van der Waals surface area contributed by atoms with Gasteiger partial charge in [0, 0.05) is 10.6 Å². The average molecular weight is 443 g/mol. The number of rotatable bonds is 7. The molecule has 152 valence electrons. The van der Waals surface area contributed by atoms with E-state index in [9.17, 15) is 9.90 Å². The van der Waals surface area contributed by atoms with Crippen molar-refractivity contribution in [3.8, 4) is 11.5 Å². The van der Waals surface area contributed by atoms with Crippen molar-refractivity contribution < 1.29 is 14.6 Å². The summed E-state index contributed by atoms with van der Waals surface area (Å²) in [5.41, 5.74) is 3.89. The van der Waals surface area contributed by atoms with Crippen LogP contribution in [0.3, 0.4) is 0 Å². The van der Waals surface area contributed by atoms with Crippen molar-refractivity contribution in [2.45, 2.75) is 0 Å². The molecule has 0 aromatic heterocycles. The molecule has 7 nitrogen and oxygen atoms in total. The monoisotopic (exact) mass is 442 g/mol. The fourth-order valence-electron chi connectivity index (χ4n) is 2.26. The van der Waals surface area contributed by atoms with Gasteiger partial charge in [-0.1, -0.05) is 41.4 Å². The largest absolute Gasteiger partial charge is 0.507 e. The molecule has 0 unspecified atom stereocenters. The zero-order chi connectivity index (χ0) is 21.3. The second-order valence-electron chi connectivity index (χ2n) is 5.94. The summed E-state index contributed by atoms with van der Waals surface area (Å²) in [5.74, 6) is -0.193. The lowest BCUT2D eigenvalue weighted by atomic mass is 10.2. The van der Waals surface area contributed by atoms with E-state index in [4.69, 9.17) is 27.9 Å². The van der Waals surface area contributed by atoms with Gasteiger partial charge < -0.3 is 9.84 Å². The van der Waals surface area contributed by atoms with Crippen LogP contribution in [0.4, 0.5) is 11.4 Å². The maximum atomic E-state index is 11.9. The number of carbonyl (C=O) groups excluding carboxylic acids is 1. The molecule has 0 aliphatic rings. The Hall–Kier alpha value is -3.42. The van der Waals surface area contributed by atoms with E-state index in [1.807, 2.05) is 30.3 Å².